The van der Waals surface area contributed by atoms with E-state index in [2.05, 4.69) is 27.7 Å². The number of anilines is 2. The third-order valence-corrected chi connectivity index (χ3v) is 5.69. The van der Waals surface area contributed by atoms with Gasteiger partial charge in [-0.15, -0.1) is 0 Å². The van der Waals surface area contributed by atoms with E-state index in [0.29, 0.717) is 25.2 Å². The minimum atomic E-state index is -0.338. The molecule has 0 radical (unpaired) electrons. The molecule has 0 aromatic heterocycles. The Balaban J connectivity index is 1.29. The van der Waals surface area contributed by atoms with Crippen LogP contribution in [0.4, 0.5) is 16.2 Å². The Morgan fingerprint density at radius 1 is 0.852 bits per heavy atom. The van der Waals surface area contributed by atoms with Gasteiger partial charge in [-0.1, -0.05) is 0 Å². The minimum Gasteiger partial charge on any atom is -0.375 e. The van der Waals surface area contributed by atoms with Crippen molar-refractivity contribution >= 4 is 23.3 Å². The molecular formula is C20H28N4O3. The number of nitrogens with zero attached hydrogens (tertiary/aromatic N) is 2. The summed E-state index contributed by atoms with van der Waals surface area (Å²) in [5.41, 5.74) is 2.00. The van der Waals surface area contributed by atoms with E-state index in [0.717, 1.165) is 57.5 Å². The van der Waals surface area contributed by atoms with Crippen LogP contribution in [0.5, 0.6) is 0 Å². The summed E-state index contributed by atoms with van der Waals surface area (Å²) < 4.78 is 6.29. The van der Waals surface area contributed by atoms with Crippen molar-refractivity contribution in [3.63, 3.8) is 0 Å². The maximum atomic E-state index is 12.0. The fourth-order valence-electron chi connectivity index (χ4n) is 4.11. The average Bonchev–Trinajstić information content (AvgIpc) is 2.70. The Labute approximate surface area is 160 Å². The van der Waals surface area contributed by atoms with Gasteiger partial charge in [-0.2, -0.15) is 0 Å². The van der Waals surface area contributed by atoms with E-state index in [1.54, 1.807) is 4.90 Å². The Bertz CT molecular complexity index is 664. The molecule has 2 N–H and O–H groups in total. The van der Waals surface area contributed by atoms with Crippen LogP contribution in [0.3, 0.4) is 0 Å². The lowest BCUT2D eigenvalue weighted by Crippen LogP contribution is -2.49. The monoisotopic (exact) mass is 372 g/mol. The number of imide groups is 1. The van der Waals surface area contributed by atoms with E-state index in [4.69, 9.17) is 4.74 Å². The van der Waals surface area contributed by atoms with E-state index in [-0.39, 0.29) is 11.9 Å². The van der Waals surface area contributed by atoms with Crippen LogP contribution in [-0.2, 0) is 9.53 Å². The molecule has 3 aliphatic rings. The van der Waals surface area contributed by atoms with Crippen LogP contribution in [0.15, 0.2) is 24.3 Å². The Kier molecular flexibility index (Phi) is 5.59. The molecule has 27 heavy (non-hydrogen) atoms. The predicted octanol–water partition coefficient (Wildman–Crippen LogP) is 1.87. The number of carbonyl (C=O) groups excluding carboxylic acids is 2. The molecule has 0 atom stereocenters. The molecule has 3 heterocycles. The first-order chi connectivity index (χ1) is 13.2. The highest BCUT2D eigenvalue weighted by Gasteiger charge is 2.26. The van der Waals surface area contributed by atoms with E-state index >= 15 is 0 Å². The standard InChI is InChI=1S/C20H28N4O3/c25-19-9-14-24(20(26)22-19)16-3-1-15(2-4-16)23-12-7-18(8-13-23)27-17-5-10-21-11-6-17/h1-4,17-18,21H,5-14H2,(H,22,25,26). The number of amides is 3. The number of piperidine rings is 2. The van der Waals surface area contributed by atoms with Crippen molar-refractivity contribution in [3.8, 4) is 0 Å². The lowest BCUT2D eigenvalue weighted by molar-refractivity contribution is -0.120. The first-order valence-electron chi connectivity index (χ1n) is 10.0. The van der Waals surface area contributed by atoms with Crippen molar-refractivity contribution in [2.24, 2.45) is 0 Å². The van der Waals surface area contributed by atoms with Gasteiger partial charge in [0.25, 0.3) is 0 Å². The highest BCUT2D eigenvalue weighted by Crippen LogP contribution is 2.26. The maximum Gasteiger partial charge on any atom is 0.328 e. The van der Waals surface area contributed by atoms with Crippen LogP contribution in [0.25, 0.3) is 0 Å². The number of hydrogen-bond acceptors (Lipinski definition) is 5. The van der Waals surface area contributed by atoms with Gasteiger partial charge in [0.15, 0.2) is 0 Å². The van der Waals surface area contributed by atoms with Crippen molar-refractivity contribution in [2.75, 3.05) is 42.5 Å². The van der Waals surface area contributed by atoms with Gasteiger partial charge in [0.05, 0.1) is 12.2 Å². The van der Waals surface area contributed by atoms with Gasteiger partial charge in [-0.3, -0.25) is 15.0 Å². The van der Waals surface area contributed by atoms with Gasteiger partial charge in [0.2, 0.25) is 5.91 Å². The molecule has 3 amide bonds. The fourth-order valence-corrected chi connectivity index (χ4v) is 4.11. The number of hydrogen-bond donors (Lipinski definition) is 2. The van der Waals surface area contributed by atoms with Crippen molar-refractivity contribution in [1.29, 1.82) is 0 Å². The van der Waals surface area contributed by atoms with Crippen LogP contribution < -0.4 is 20.4 Å². The number of benzene rings is 1. The van der Waals surface area contributed by atoms with Crippen molar-refractivity contribution in [1.82, 2.24) is 10.6 Å². The molecule has 3 saturated heterocycles. The number of urea groups is 1. The zero-order chi connectivity index (χ0) is 18.6. The van der Waals surface area contributed by atoms with E-state index in [9.17, 15) is 9.59 Å². The van der Waals surface area contributed by atoms with Crippen LogP contribution in [0.1, 0.15) is 32.1 Å². The molecular weight excluding hydrogens is 344 g/mol. The quantitative estimate of drug-likeness (QED) is 0.844. The largest absolute Gasteiger partial charge is 0.375 e. The Morgan fingerprint density at radius 2 is 1.48 bits per heavy atom. The van der Waals surface area contributed by atoms with Crippen LogP contribution >= 0.6 is 0 Å². The van der Waals surface area contributed by atoms with Gasteiger partial charge in [-0.25, -0.2) is 4.79 Å². The van der Waals surface area contributed by atoms with Gasteiger partial charge >= 0.3 is 6.03 Å². The van der Waals surface area contributed by atoms with Crippen LogP contribution in [0, 0.1) is 0 Å². The summed E-state index contributed by atoms with van der Waals surface area (Å²) in [4.78, 5) is 27.2. The number of carbonyl (C=O) groups is 2. The van der Waals surface area contributed by atoms with Crippen molar-refractivity contribution in [2.45, 2.75) is 44.3 Å². The van der Waals surface area contributed by atoms with E-state index in [1.807, 2.05) is 12.1 Å². The summed E-state index contributed by atoms with van der Waals surface area (Å²) >= 11 is 0. The number of nitrogens with one attached hydrogen (secondary N) is 2. The zero-order valence-electron chi connectivity index (χ0n) is 15.7. The minimum absolute atomic E-state index is 0.206. The summed E-state index contributed by atoms with van der Waals surface area (Å²) in [6.45, 7) is 4.56. The molecule has 3 fully saturated rings. The molecule has 1 aromatic carbocycles. The van der Waals surface area contributed by atoms with Crippen molar-refractivity contribution < 1.29 is 14.3 Å². The number of rotatable bonds is 4. The predicted molar refractivity (Wildman–Crippen MR) is 104 cm³/mol. The molecule has 146 valence electrons. The highest BCUT2D eigenvalue weighted by molar-refractivity contribution is 6.05. The molecule has 0 bridgehead atoms. The lowest BCUT2D eigenvalue weighted by atomic mass is 10.0. The molecule has 4 rings (SSSR count). The van der Waals surface area contributed by atoms with Crippen LogP contribution in [0.2, 0.25) is 0 Å². The fraction of sp³-hybridized carbons (Fsp3) is 0.600. The zero-order valence-corrected chi connectivity index (χ0v) is 15.7. The van der Waals surface area contributed by atoms with Crippen LogP contribution in [-0.4, -0.2) is 56.9 Å². The summed E-state index contributed by atoms with van der Waals surface area (Å²) in [5.74, 6) is -0.206. The molecule has 7 heteroatoms. The molecule has 3 aliphatic heterocycles. The van der Waals surface area contributed by atoms with Crippen molar-refractivity contribution in [3.05, 3.63) is 24.3 Å². The lowest BCUT2D eigenvalue weighted by Gasteiger charge is -2.36. The average molecular weight is 372 g/mol. The summed E-state index contributed by atoms with van der Waals surface area (Å²) in [6, 6.07) is 7.71. The maximum absolute atomic E-state index is 12.0. The summed E-state index contributed by atoms with van der Waals surface area (Å²) in [5, 5.41) is 5.74. The van der Waals surface area contributed by atoms with Gasteiger partial charge in [0.1, 0.15) is 0 Å². The SMILES string of the molecule is O=C1CCN(c2ccc(N3CCC(OC4CCNCC4)CC3)cc2)C(=O)N1. The molecule has 0 unspecified atom stereocenters. The number of ether oxygens (including phenoxy) is 1. The smallest absolute Gasteiger partial charge is 0.328 e. The first-order valence-corrected chi connectivity index (χ1v) is 10.0. The third kappa shape index (κ3) is 4.42. The van der Waals surface area contributed by atoms with Gasteiger partial charge in [0, 0.05) is 37.4 Å². The van der Waals surface area contributed by atoms with E-state index in [1.165, 1.54) is 5.69 Å². The summed E-state index contributed by atoms with van der Waals surface area (Å²) in [6.07, 6.45) is 5.50. The molecule has 0 saturated carbocycles. The topological polar surface area (TPSA) is 73.9 Å². The second kappa shape index (κ2) is 8.27. The Morgan fingerprint density at radius 3 is 2.15 bits per heavy atom. The van der Waals surface area contributed by atoms with Gasteiger partial charge in [-0.05, 0) is 63.0 Å². The summed E-state index contributed by atoms with van der Waals surface area (Å²) in [7, 11) is 0. The highest BCUT2D eigenvalue weighted by atomic mass is 16.5. The normalized spacial score (nSPS) is 22.8. The van der Waals surface area contributed by atoms with Gasteiger partial charge < -0.3 is 15.0 Å². The molecule has 0 aliphatic carbocycles. The molecule has 1 aromatic rings. The molecule has 0 spiro atoms. The first kappa shape index (κ1) is 18.3. The second-order valence-corrected chi connectivity index (χ2v) is 7.54. The third-order valence-electron chi connectivity index (χ3n) is 5.69. The Hall–Kier alpha value is -2.12. The second-order valence-electron chi connectivity index (χ2n) is 7.54. The van der Waals surface area contributed by atoms with E-state index < -0.39 is 0 Å². The molecule has 7 nitrogen and oxygen atoms in total.